The van der Waals surface area contributed by atoms with E-state index in [0.717, 1.165) is 90.4 Å². The summed E-state index contributed by atoms with van der Waals surface area (Å²) in [7, 11) is 0. The number of hydrogen-bond donors (Lipinski definition) is 0. The molecular formula is C70H53N5Pt2. The molecule has 0 aliphatic heterocycles. The van der Waals surface area contributed by atoms with Crippen LogP contribution in [0.2, 0.25) is 0 Å². The van der Waals surface area contributed by atoms with Gasteiger partial charge in [0, 0.05) is 35.9 Å². The molecule has 0 spiro atoms. The Balaban J connectivity index is 0.000000180. The van der Waals surface area contributed by atoms with Crippen molar-refractivity contribution in [2.45, 2.75) is 39.5 Å². The third kappa shape index (κ3) is 11.3. The van der Waals surface area contributed by atoms with Gasteiger partial charge in [-0.05, 0) is 121 Å². The maximum absolute atomic E-state index is 4.66. The van der Waals surface area contributed by atoms with E-state index >= 15 is 0 Å². The molecule has 0 N–H and O–H groups in total. The summed E-state index contributed by atoms with van der Waals surface area (Å²) < 4.78 is 0. The van der Waals surface area contributed by atoms with E-state index in [-0.39, 0.29) is 47.5 Å². The topological polar surface area (TPSA) is 54.8 Å². The van der Waals surface area contributed by atoms with Gasteiger partial charge >= 0.3 is 42.1 Å². The Morgan fingerprint density at radius 3 is 1.39 bits per heavy atom. The Hall–Kier alpha value is -7.94. The predicted octanol–water partition coefficient (Wildman–Crippen LogP) is 17.5. The maximum atomic E-state index is 4.66. The smallest absolute Gasteiger partial charge is 0.346 e. The number of benzene rings is 8. The van der Waals surface area contributed by atoms with Gasteiger partial charge in [-0.3, -0.25) is 0 Å². The van der Waals surface area contributed by atoms with Gasteiger partial charge < -0.3 is 24.8 Å². The first-order chi connectivity index (χ1) is 36.9. The molecule has 0 amide bonds. The van der Waals surface area contributed by atoms with Crippen LogP contribution < -0.4 is 4.90 Å². The van der Waals surface area contributed by atoms with Gasteiger partial charge in [0.1, 0.15) is 0 Å². The molecule has 12 aromatic rings. The molecule has 1 aliphatic rings. The van der Waals surface area contributed by atoms with Crippen molar-refractivity contribution in [3.05, 3.63) is 284 Å². The monoisotopic (exact) mass is 1350 g/mol. The van der Waals surface area contributed by atoms with Crippen LogP contribution >= 0.6 is 0 Å². The zero-order valence-electron chi connectivity index (χ0n) is 43.1. The van der Waals surface area contributed by atoms with Crippen molar-refractivity contribution in [1.29, 1.82) is 0 Å². The number of aromatic nitrogens is 4. The fourth-order valence-corrected chi connectivity index (χ4v) is 10.1. The molecule has 5 nitrogen and oxygen atoms in total. The van der Waals surface area contributed by atoms with Crippen LogP contribution in [0.3, 0.4) is 0 Å². The van der Waals surface area contributed by atoms with Crippen LogP contribution in [-0.4, -0.2) is 19.9 Å². The molecule has 4 aromatic heterocycles. The van der Waals surface area contributed by atoms with Crippen LogP contribution in [0.5, 0.6) is 0 Å². The van der Waals surface area contributed by atoms with Gasteiger partial charge in [-0.25, -0.2) is 0 Å². The van der Waals surface area contributed by atoms with E-state index in [0.29, 0.717) is 0 Å². The summed E-state index contributed by atoms with van der Waals surface area (Å²) in [6.45, 7) is 8.63. The van der Waals surface area contributed by atoms with Crippen molar-refractivity contribution in [2.75, 3.05) is 4.90 Å². The summed E-state index contributed by atoms with van der Waals surface area (Å²) in [5.74, 6) is 0. The molecule has 4 heterocycles. The molecule has 378 valence electrons. The van der Waals surface area contributed by atoms with Gasteiger partial charge in [-0.1, -0.05) is 131 Å². The fraction of sp³-hybridized carbons (Fsp3) is 0.0857. The fourth-order valence-electron chi connectivity index (χ4n) is 10.1. The molecule has 0 saturated carbocycles. The number of rotatable bonds is 9. The third-order valence-corrected chi connectivity index (χ3v) is 13.7. The summed E-state index contributed by atoms with van der Waals surface area (Å²) in [4.78, 5) is 20.7. The van der Waals surface area contributed by atoms with Gasteiger partial charge in [-0.2, -0.15) is 0 Å². The average molecular weight is 1350 g/mol. The van der Waals surface area contributed by atoms with Crippen LogP contribution in [-0.2, 0) is 54.0 Å². The first kappa shape index (κ1) is 53.9. The van der Waals surface area contributed by atoms with E-state index in [4.69, 9.17) is 0 Å². The van der Waals surface area contributed by atoms with Gasteiger partial charge in [0.2, 0.25) is 0 Å². The summed E-state index contributed by atoms with van der Waals surface area (Å²) in [5, 5.41) is 4.66. The molecule has 7 heteroatoms. The Bertz CT molecular complexity index is 3740. The van der Waals surface area contributed by atoms with Crippen LogP contribution in [0.4, 0.5) is 17.1 Å². The maximum Gasteiger partial charge on any atom is 2.00 e. The van der Waals surface area contributed by atoms with E-state index in [1.54, 1.807) is 0 Å². The normalized spacial score (nSPS) is 11.6. The second-order valence-electron chi connectivity index (χ2n) is 18.7. The molecule has 0 saturated heterocycles. The summed E-state index contributed by atoms with van der Waals surface area (Å²) >= 11 is 0. The number of pyridine rings is 4. The zero-order chi connectivity index (χ0) is 51.1. The first-order valence-electron chi connectivity index (χ1n) is 25.6. The third-order valence-electron chi connectivity index (χ3n) is 13.7. The van der Waals surface area contributed by atoms with E-state index in [2.05, 4.69) is 227 Å². The molecule has 13 rings (SSSR count). The van der Waals surface area contributed by atoms with Crippen molar-refractivity contribution in [3.63, 3.8) is 0 Å². The van der Waals surface area contributed by atoms with E-state index in [9.17, 15) is 0 Å². The average Bonchev–Trinajstić information content (AvgIpc) is 3.75. The molecular weight excluding hydrogens is 1300 g/mol. The molecule has 0 bridgehead atoms. The number of hydrogen-bond acceptors (Lipinski definition) is 5. The van der Waals surface area contributed by atoms with Crippen molar-refractivity contribution < 1.29 is 42.1 Å². The van der Waals surface area contributed by atoms with E-state index < -0.39 is 0 Å². The summed E-state index contributed by atoms with van der Waals surface area (Å²) in [6.07, 6.45) is 8.12. The number of fused-ring (bicyclic) bond motifs is 5. The molecule has 8 aromatic carbocycles. The van der Waals surface area contributed by atoms with Gasteiger partial charge in [0.05, 0.1) is 0 Å². The minimum absolute atomic E-state index is 0. The summed E-state index contributed by atoms with van der Waals surface area (Å²) in [5.41, 5.74) is 17.9. The molecule has 0 radical (unpaired) electrons. The Kier molecular flexibility index (Phi) is 17.0. The second-order valence-corrected chi connectivity index (χ2v) is 18.7. The van der Waals surface area contributed by atoms with E-state index in [1.807, 2.05) is 87.2 Å². The second kappa shape index (κ2) is 24.4. The molecule has 0 unspecified atom stereocenters. The number of nitrogens with zero attached hydrogens (tertiary/aromatic N) is 5. The Labute approximate surface area is 481 Å². The van der Waals surface area contributed by atoms with Crippen molar-refractivity contribution in [3.8, 4) is 56.2 Å². The van der Waals surface area contributed by atoms with Gasteiger partial charge in [0.25, 0.3) is 0 Å². The molecule has 1 aliphatic carbocycles. The first-order valence-corrected chi connectivity index (χ1v) is 25.6. The Morgan fingerprint density at radius 2 is 0.857 bits per heavy atom. The van der Waals surface area contributed by atoms with E-state index in [1.165, 1.54) is 33.0 Å². The molecule has 0 fully saturated rings. The standard InChI is InChI=1S/C37H27N3.C31H20N2.C2H6.2Pt/c1-37(2)33-16-4-3-15-31(33)32-20-19-30(25-34(32)37)40(28-13-9-11-26(23-28)35-17-5-7-21-38-35)29-14-10-12-27(24-29)36-18-6-8-22-39-36;1-3-13-28-24(9-1)15-17-32-30(28)26-11-5-7-22(20-26)19-23-8-6-12-27(21-23)31-29-14-4-2-10-25(29)16-18-33-31;1-2;;/h3-22,25H,1-2H3;1-18H,19H2;1-2H3;;/q2*-2;;2*+2. The summed E-state index contributed by atoms with van der Waals surface area (Å²) in [6, 6.07) is 87.7. The molecule has 0 atom stereocenters. The quantitative estimate of drug-likeness (QED) is 0.135. The largest absolute Gasteiger partial charge is 2.00 e. The van der Waals surface area contributed by atoms with Crippen LogP contribution in [0.1, 0.15) is 49.9 Å². The van der Waals surface area contributed by atoms with Gasteiger partial charge in [0.15, 0.2) is 0 Å². The SMILES string of the molecule is CC.CC1(C)c2ccccc2-c2ccc(N(c3[c-]c(-c4ccccn4)ccc3)c3[c-]c(-c4ccccn4)ccc3)cc21.[Pt+2].[Pt+2].[c-]1c(Cc2[c-]c(-c3nccc4ccccc34)ccc2)cccc1-c1nccc2ccccc12. The van der Waals surface area contributed by atoms with Crippen LogP contribution in [0.25, 0.3) is 77.7 Å². The van der Waals surface area contributed by atoms with Crippen LogP contribution in [0, 0.1) is 24.3 Å². The minimum Gasteiger partial charge on any atom is -0.346 e. The van der Waals surface area contributed by atoms with Crippen molar-refractivity contribution >= 4 is 38.6 Å². The van der Waals surface area contributed by atoms with Crippen LogP contribution in [0.15, 0.2) is 237 Å². The van der Waals surface area contributed by atoms with Crippen molar-refractivity contribution in [2.24, 2.45) is 0 Å². The zero-order valence-corrected chi connectivity index (χ0v) is 47.6. The number of anilines is 3. The van der Waals surface area contributed by atoms with Gasteiger partial charge in [-0.15, -0.1) is 130 Å². The van der Waals surface area contributed by atoms with Crippen molar-refractivity contribution in [1.82, 2.24) is 19.9 Å². The predicted molar refractivity (Wildman–Crippen MR) is 309 cm³/mol. The molecule has 77 heavy (non-hydrogen) atoms. The minimum atomic E-state index is -0.105. The Morgan fingerprint density at radius 1 is 0.390 bits per heavy atom.